The molecule has 7 nitrogen and oxygen atoms in total. The molecule has 0 aliphatic carbocycles. The highest BCUT2D eigenvalue weighted by molar-refractivity contribution is 6.18. The van der Waals surface area contributed by atoms with E-state index in [1.807, 2.05) is 57.2 Å². The van der Waals surface area contributed by atoms with Gasteiger partial charge in [-0.25, -0.2) is 5.43 Å². The van der Waals surface area contributed by atoms with Gasteiger partial charge in [0.2, 0.25) is 0 Å². The second-order valence-electron chi connectivity index (χ2n) is 9.65. The molecule has 2 aromatic carbocycles. The van der Waals surface area contributed by atoms with Crippen molar-refractivity contribution in [2.75, 3.05) is 39.3 Å². The molecule has 0 heterocycles. The predicted molar refractivity (Wildman–Crippen MR) is 145 cm³/mol. The Hall–Kier alpha value is -2.29. The average molecular weight is 521 g/mol. The van der Waals surface area contributed by atoms with Gasteiger partial charge in [0.05, 0.1) is 24.7 Å². The van der Waals surface area contributed by atoms with Gasteiger partial charge in [-0.15, -0.1) is 11.6 Å². The molecule has 0 saturated carbocycles. The molecule has 0 radical (unpaired) electrons. The number of alkyl halides is 1. The zero-order chi connectivity index (χ0) is 26.9. The highest BCUT2D eigenvalue weighted by Gasteiger charge is 2.24. The SMILES string of the molecule is CNN(CC(O)COc1ccc(C(C)(C)c2ccc(OCC(O)CCl)c(C)c2)cc1)C(CO)=C(C)C. The molecule has 8 heteroatoms. The number of nitrogens with one attached hydrogen (secondary N) is 1. The molecule has 0 aliphatic heterocycles. The third kappa shape index (κ3) is 8.11. The number of hydrogen-bond acceptors (Lipinski definition) is 7. The molecule has 0 bridgehead atoms. The lowest BCUT2D eigenvalue weighted by Crippen LogP contribution is -2.43. The molecular weight excluding hydrogens is 480 g/mol. The van der Waals surface area contributed by atoms with Crippen molar-refractivity contribution in [3.8, 4) is 11.5 Å². The van der Waals surface area contributed by atoms with Gasteiger partial charge in [-0.1, -0.05) is 43.7 Å². The minimum absolute atomic E-state index is 0.111. The van der Waals surface area contributed by atoms with Gasteiger partial charge >= 0.3 is 0 Å². The van der Waals surface area contributed by atoms with Crippen molar-refractivity contribution in [2.24, 2.45) is 0 Å². The lowest BCUT2D eigenvalue weighted by Gasteiger charge is -2.29. The van der Waals surface area contributed by atoms with Crippen molar-refractivity contribution in [1.29, 1.82) is 0 Å². The standard InChI is InChI=1S/C28H41ClN2O5/c1-19(2)26(16-32)31(30-6)15-24(34)18-35-25-10-7-21(8-11-25)28(4,5)22-9-12-27(20(3)13-22)36-17-23(33)14-29/h7-13,23-24,30,32-34H,14-18H2,1-6H3. The van der Waals surface area contributed by atoms with Crippen molar-refractivity contribution in [3.63, 3.8) is 0 Å². The quantitative estimate of drug-likeness (QED) is 0.222. The lowest BCUT2D eigenvalue weighted by molar-refractivity contribution is 0.0611. The summed E-state index contributed by atoms with van der Waals surface area (Å²) in [5.74, 6) is 1.54. The maximum Gasteiger partial charge on any atom is 0.122 e. The van der Waals surface area contributed by atoms with E-state index in [1.54, 1.807) is 12.1 Å². The molecule has 200 valence electrons. The van der Waals surface area contributed by atoms with Crippen molar-refractivity contribution in [1.82, 2.24) is 10.4 Å². The summed E-state index contributed by atoms with van der Waals surface area (Å²) < 4.78 is 11.5. The molecule has 4 N–H and O–H groups in total. The highest BCUT2D eigenvalue weighted by atomic mass is 35.5. The second kappa shape index (κ2) is 13.9. The molecule has 0 fully saturated rings. The Morgan fingerprint density at radius 1 is 1.00 bits per heavy atom. The van der Waals surface area contributed by atoms with Crippen LogP contribution in [0.5, 0.6) is 11.5 Å². The summed E-state index contributed by atoms with van der Waals surface area (Å²) in [6, 6.07) is 14.0. The van der Waals surface area contributed by atoms with Gasteiger partial charge in [-0.3, -0.25) is 0 Å². The van der Waals surface area contributed by atoms with Crippen LogP contribution in [-0.2, 0) is 5.41 Å². The Kier molecular flexibility index (Phi) is 11.5. The number of allylic oxidation sites excluding steroid dienone is 1. The molecule has 0 aliphatic rings. The molecule has 0 saturated heterocycles. The van der Waals surface area contributed by atoms with Crippen LogP contribution in [0.15, 0.2) is 53.7 Å². The Bertz CT molecular complexity index is 990. The van der Waals surface area contributed by atoms with Gasteiger partial charge in [0, 0.05) is 12.5 Å². The number of aliphatic hydroxyl groups excluding tert-OH is 3. The molecular formula is C28H41ClN2O5. The zero-order valence-corrected chi connectivity index (χ0v) is 23.0. The summed E-state index contributed by atoms with van der Waals surface area (Å²) in [4.78, 5) is 0. The average Bonchev–Trinajstić information content (AvgIpc) is 2.86. The molecule has 0 spiro atoms. The molecule has 2 unspecified atom stereocenters. The van der Waals surface area contributed by atoms with E-state index in [2.05, 4.69) is 25.3 Å². The van der Waals surface area contributed by atoms with Crippen LogP contribution in [0.1, 0.15) is 44.4 Å². The number of benzene rings is 2. The lowest BCUT2D eigenvalue weighted by atomic mass is 9.77. The molecule has 0 amide bonds. The van der Waals surface area contributed by atoms with Crippen LogP contribution in [0, 0.1) is 6.92 Å². The first-order chi connectivity index (χ1) is 17.0. The number of aryl methyl sites for hydroxylation is 1. The summed E-state index contributed by atoms with van der Waals surface area (Å²) in [6.07, 6.45) is -1.44. The van der Waals surface area contributed by atoms with Crippen LogP contribution in [-0.4, -0.2) is 71.8 Å². The number of hydrazine groups is 1. The topological polar surface area (TPSA) is 94.4 Å². The van der Waals surface area contributed by atoms with Gasteiger partial charge in [-0.2, -0.15) is 0 Å². The van der Waals surface area contributed by atoms with Gasteiger partial charge in [0.1, 0.15) is 36.9 Å². The highest BCUT2D eigenvalue weighted by Crippen LogP contribution is 2.34. The zero-order valence-electron chi connectivity index (χ0n) is 22.2. The predicted octanol–water partition coefficient (Wildman–Crippen LogP) is 3.76. The third-order valence-corrected chi connectivity index (χ3v) is 6.60. The van der Waals surface area contributed by atoms with Crippen LogP contribution in [0.2, 0.25) is 0 Å². The molecule has 2 aromatic rings. The van der Waals surface area contributed by atoms with Gasteiger partial charge in [0.15, 0.2) is 0 Å². The van der Waals surface area contributed by atoms with E-state index in [-0.39, 0.29) is 37.7 Å². The second-order valence-corrected chi connectivity index (χ2v) is 9.96. The first kappa shape index (κ1) is 29.9. The van der Waals surface area contributed by atoms with Gasteiger partial charge in [0.25, 0.3) is 0 Å². The smallest absolute Gasteiger partial charge is 0.122 e. The van der Waals surface area contributed by atoms with Crippen molar-refractivity contribution in [2.45, 2.75) is 52.2 Å². The number of hydrogen-bond donors (Lipinski definition) is 4. The Labute approximate surface area is 220 Å². The van der Waals surface area contributed by atoms with E-state index in [0.717, 1.165) is 33.7 Å². The van der Waals surface area contributed by atoms with E-state index in [4.69, 9.17) is 21.1 Å². The summed E-state index contributed by atoms with van der Waals surface area (Å²) in [7, 11) is 1.75. The van der Waals surface area contributed by atoms with Crippen molar-refractivity contribution >= 4 is 11.6 Å². The van der Waals surface area contributed by atoms with E-state index < -0.39 is 12.2 Å². The number of rotatable bonds is 14. The van der Waals surface area contributed by atoms with Crippen LogP contribution < -0.4 is 14.9 Å². The van der Waals surface area contributed by atoms with E-state index in [0.29, 0.717) is 5.75 Å². The van der Waals surface area contributed by atoms with Crippen molar-refractivity contribution in [3.05, 3.63) is 70.4 Å². The number of nitrogens with zero attached hydrogens (tertiary/aromatic N) is 1. The maximum atomic E-state index is 10.5. The summed E-state index contributed by atoms with van der Waals surface area (Å²) in [5, 5.41) is 31.4. The van der Waals surface area contributed by atoms with E-state index in [9.17, 15) is 15.3 Å². The normalized spacial score (nSPS) is 13.2. The van der Waals surface area contributed by atoms with Crippen LogP contribution >= 0.6 is 11.6 Å². The molecule has 2 atom stereocenters. The van der Waals surface area contributed by atoms with Crippen LogP contribution in [0.4, 0.5) is 0 Å². The first-order valence-corrected chi connectivity index (χ1v) is 12.7. The Morgan fingerprint density at radius 2 is 1.61 bits per heavy atom. The largest absolute Gasteiger partial charge is 0.491 e. The minimum Gasteiger partial charge on any atom is -0.491 e. The first-order valence-electron chi connectivity index (χ1n) is 12.1. The van der Waals surface area contributed by atoms with E-state index in [1.165, 1.54) is 0 Å². The monoisotopic (exact) mass is 520 g/mol. The fourth-order valence-corrected chi connectivity index (χ4v) is 3.96. The van der Waals surface area contributed by atoms with Crippen molar-refractivity contribution < 1.29 is 24.8 Å². The third-order valence-electron chi connectivity index (χ3n) is 6.24. The molecule has 0 aromatic heterocycles. The number of halogens is 1. The summed E-state index contributed by atoms with van der Waals surface area (Å²) in [5.41, 5.74) is 7.70. The fourth-order valence-electron chi connectivity index (χ4n) is 3.87. The number of aliphatic hydroxyl groups is 3. The molecule has 36 heavy (non-hydrogen) atoms. The maximum absolute atomic E-state index is 10.5. The fraction of sp³-hybridized carbons (Fsp3) is 0.500. The van der Waals surface area contributed by atoms with Crippen LogP contribution in [0.25, 0.3) is 0 Å². The Morgan fingerprint density at radius 3 is 2.14 bits per heavy atom. The molecule has 2 rings (SSSR count). The van der Waals surface area contributed by atoms with Gasteiger partial charge in [-0.05, 0) is 55.7 Å². The minimum atomic E-state index is -0.747. The summed E-state index contributed by atoms with van der Waals surface area (Å²) >= 11 is 5.64. The van der Waals surface area contributed by atoms with Crippen LogP contribution in [0.3, 0.4) is 0 Å². The summed E-state index contributed by atoms with van der Waals surface area (Å²) in [6.45, 7) is 10.6. The Balaban J connectivity index is 2.02. The van der Waals surface area contributed by atoms with Gasteiger partial charge < -0.3 is 29.8 Å². The number of ether oxygens (including phenoxy) is 2. The van der Waals surface area contributed by atoms with E-state index >= 15 is 0 Å².